The lowest BCUT2D eigenvalue weighted by atomic mass is 9.97. The third-order valence-corrected chi connectivity index (χ3v) is 2.74. The van der Waals surface area contributed by atoms with Crippen LogP contribution in [0.2, 0.25) is 0 Å². The van der Waals surface area contributed by atoms with Crippen molar-refractivity contribution in [2.75, 3.05) is 5.73 Å². The molecule has 0 saturated carbocycles. The summed E-state index contributed by atoms with van der Waals surface area (Å²) in [5.41, 5.74) is 5.27. The van der Waals surface area contributed by atoms with Crippen molar-refractivity contribution >= 4 is 17.4 Å². The number of carbonyl (C=O) groups excluding carboxylic acids is 1. The number of aromatic carboxylic acids is 1. The Balaban J connectivity index is 2.56. The molecule has 102 valence electrons. The van der Waals surface area contributed by atoms with E-state index in [2.05, 4.69) is 0 Å². The minimum absolute atomic E-state index is 0.0901. The average Bonchev–Trinajstić information content (AvgIpc) is 2.37. The summed E-state index contributed by atoms with van der Waals surface area (Å²) in [6.07, 6.45) is 0. The maximum atomic E-state index is 12.3. The molecule has 6 heteroatoms. The van der Waals surface area contributed by atoms with Gasteiger partial charge < -0.3 is 21.1 Å². The summed E-state index contributed by atoms with van der Waals surface area (Å²) in [5.74, 6) is -2.59. The topological polar surface area (TPSA) is 121 Å². The average molecular weight is 273 g/mol. The van der Waals surface area contributed by atoms with Crippen LogP contribution in [-0.4, -0.2) is 27.1 Å². The van der Waals surface area contributed by atoms with Gasteiger partial charge in [-0.05, 0) is 30.3 Å². The van der Waals surface area contributed by atoms with E-state index < -0.39 is 17.5 Å². The van der Waals surface area contributed by atoms with Gasteiger partial charge in [0.2, 0.25) is 0 Å². The number of aromatic hydroxyl groups is 2. The lowest BCUT2D eigenvalue weighted by Gasteiger charge is -2.08. The third kappa shape index (κ3) is 2.39. The maximum Gasteiger partial charge on any atom is 0.336 e. The van der Waals surface area contributed by atoms with E-state index in [4.69, 9.17) is 10.8 Å². The highest BCUT2D eigenvalue weighted by molar-refractivity contribution is 6.15. The molecule has 0 fully saturated rings. The van der Waals surface area contributed by atoms with Gasteiger partial charge in [0.15, 0.2) is 5.78 Å². The summed E-state index contributed by atoms with van der Waals surface area (Å²) < 4.78 is 0. The number of carboxylic acids is 1. The number of rotatable bonds is 3. The first-order valence-corrected chi connectivity index (χ1v) is 5.59. The zero-order chi connectivity index (χ0) is 14.9. The molecule has 0 radical (unpaired) electrons. The molecule has 2 aromatic carbocycles. The van der Waals surface area contributed by atoms with Gasteiger partial charge in [-0.1, -0.05) is 0 Å². The number of nitrogen functional groups attached to an aromatic ring is 1. The van der Waals surface area contributed by atoms with E-state index in [1.165, 1.54) is 30.3 Å². The van der Waals surface area contributed by atoms with Crippen LogP contribution >= 0.6 is 0 Å². The number of carboxylic acid groups (broad SMARTS) is 1. The van der Waals surface area contributed by atoms with Gasteiger partial charge in [0.05, 0.1) is 11.1 Å². The molecule has 2 aromatic rings. The second-order valence-electron chi connectivity index (χ2n) is 4.14. The van der Waals surface area contributed by atoms with E-state index in [0.29, 0.717) is 0 Å². The largest absolute Gasteiger partial charge is 0.508 e. The Morgan fingerprint density at radius 1 is 0.900 bits per heavy atom. The number of nitrogens with two attached hydrogens (primary N) is 1. The number of hydrogen-bond acceptors (Lipinski definition) is 5. The molecule has 0 atom stereocenters. The molecular weight excluding hydrogens is 262 g/mol. The van der Waals surface area contributed by atoms with Gasteiger partial charge in [-0.3, -0.25) is 4.79 Å². The first-order chi connectivity index (χ1) is 9.40. The molecule has 5 N–H and O–H groups in total. The number of phenolic OH excluding ortho intramolecular Hbond substituents is 2. The summed E-state index contributed by atoms with van der Waals surface area (Å²) in [4.78, 5) is 23.4. The number of ketones is 1. The minimum atomic E-state index is -1.29. The van der Waals surface area contributed by atoms with Crippen molar-refractivity contribution in [3.8, 4) is 11.5 Å². The van der Waals surface area contributed by atoms with Gasteiger partial charge in [0.1, 0.15) is 11.5 Å². The van der Waals surface area contributed by atoms with Crippen molar-refractivity contribution in [1.29, 1.82) is 0 Å². The van der Waals surface area contributed by atoms with Crippen molar-refractivity contribution in [2.24, 2.45) is 0 Å². The highest BCUT2D eigenvalue weighted by atomic mass is 16.4. The van der Waals surface area contributed by atoms with Gasteiger partial charge in [0.25, 0.3) is 0 Å². The first-order valence-electron chi connectivity index (χ1n) is 5.59. The fraction of sp³-hybridized carbons (Fsp3) is 0. The van der Waals surface area contributed by atoms with Gasteiger partial charge >= 0.3 is 5.97 Å². The summed E-state index contributed by atoms with van der Waals surface area (Å²) in [5, 5.41) is 27.9. The fourth-order valence-electron chi connectivity index (χ4n) is 1.79. The highest BCUT2D eigenvalue weighted by Crippen LogP contribution is 2.26. The molecule has 20 heavy (non-hydrogen) atoms. The molecule has 0 unspecified atom stereocenters. The van der Waals surface area contributed by atoms with Crippen LogP contribution in [0.3, 0.4) is 0 Å². The normalized spacial score (nSPS) is 10.2. The fourth-order valence-corrected chi connectivity index (χ4v) is 1.79. The number of anilines is 1. The van der Waals surface area contributed by atoms with E-state index in [0.717, 1.165) is 6.07 Å². The molecule has 0 bridgehead atoms. The van der Waals surface area contributed by atoms with E-state index in [9.17, 15) is 19.8 Å². The monoisotopic (exact) mass is 273 g/mol. The van der Waals surface area contributed by atoms with E-state index >= 15 is 0 Å². The Labute approximate surface area is 113 Å². The minimum Gasteiger partial charge on any atom is -0.508 e. The molecule has 0 saturated heterocycles. The Kier molecular flexibility index (Phi) is 3.30. The van der Waals surface area contributed by atoms with Crippen LogP contribution in [0.15, 0.2) is 36.4 Å². The standard InChI is InChI=1S/C14H11NO5/c15-7-1-3-9(11(5-7)14(19)20)13(18)10-4-2-8(16)6-12(10)17/h1-6,16-17H,15H2,(H,19,20). The molecular formula is C14H11NO5. The van der Waals surface area contributed by atoms with Gasteiger partial charge in [0, 0.05) is 17.3 Å². The van der Waals surface area contributed by atoms with Crippen LogP contribution in [0.4, 0.5) is 5.69 Å². The molecule has 0 aliphatic carbocycles. The van der Waals surface area contributed by atoms with Crippen LogP contribution in [0.5, 0.6) is 11.5 Å². The van der Waals surface area contributed by atoms with Crippen molar-refractivity contribution in [1.82, 2.24) is 0 Å². The van der Waals surface area contributed by atoms with Crippen LogP contribution in [-0.2, 0) is 0 Å². The highest BCUT2D eigenvalue weighted by Gasteiger charge is 2.20. The summed E-state index contributed by atoms with van der Waals surface area (Å²) in [7, 11) is 0. The van der Waals surface area contributed by atoms with E-state index in [-0.39, 0.29) is 28.1 Å². The van der Waals surface area contributed by atoms with Gasteiger partial charge in [-0.15, -0.1) is 0 Å². The Hall–Kier alpha value is -3.02. The molecule has 0 aliphatic heterocycles. The quantitative estimate of drug-likeness (QED) is 0.498. The molecule has 0 amide bonds. The van der Waals surface area contributed by atoms with Crippen LogP contribution in [0, 0.1) is 0 Å². The number of carbonyl (C=O) groups is 2. The van der Waals surface area contributed by atoms with Gasteiger partial charge in [-0.2, -0.15) is 0 Å². The SMILES string of the molecule is Nc1ccc(C(=O)c2ccc(O)cc2O)c(C(=O)O)c1. The lowest BCUT2D eigenvalue weighted by molar-refractivity contribution is 0.0692. The lowest BCUT2D eigenvalue weighted by Crippen LogP contribution is -2.10. The van der Waals surface area contributed by atoms with Crippen LogP contribution in [0.1, 0.15) is 26.3 Å². The predicted octanol–water partition coefficient (Wildman–Crippen LogP) is 1.61. The summed E-state index contributed by atoms with van der Waals surface area (Å²) in [6.45, 7) is 0. The predicted molar refractivity (Wildman–Crippen MR) is 71.0 cm³/mol. The number of benzene rings is 2. The molecule has 0 heterocycles. The molecule has 0 spiro atoms. The van der Waals surface area contributed by atoms with Crippen molar-refractivity contribution in [3.05, 3.63) is 53.1 Å². The number of hydrogen-bond donors (Lipinski definition) is 4. The van der Waals surface area contributed by atoms with Crippen molar-refractivity contribution < 1.29 is 24.9 Å². The van der Waals surface area contributed by atoms with Crippen LogP contribution in [0.25, 0.3) is 0 Å². The Bertz CT molecular complexity index is 709. The zero-order valence-electron chi connectivity index (χ0n) is 10.2. The van der Waals surface area contributed by atoms with Gasteiger partial charge in [-0.25, -0.2) is 4.79 Å². The summed E-state index contributed by atoms with van der Waals surface area (Å²) >= 11 is 0. The van der Waals surface area contributed by atoms with E-state index in [1.54, 1.807) is 0 Å². The molecule has 0 aromatic heterocycles. The first kappa shape index (κ1) is 13.4. The van der Waals surface area contributed by atoms with Crippen molar-refractivity contribution in [2.45, 2.75) is 0 Å². The van der Waals surface area contributed by atoms with E-state index in [1.807, 2.05) is 0 Å². The molecule has 6 nitrogen and oxygen atoms in total. The molecule has 0 aliphatic rings. The maximum absolute atomic E-state index is 12.3. The second-order valence-corrected chi connectivity index (χ2v) is 4.14. The second kappa shape index (κ2) is 4.93. The summed E-state index contributed by atoms with van der Waals surface area (Å²) in [6, 6.07) is 7.31. The zero-order valence-corrected chi connectivity index (χ0v) is 10.2. The Morgan fingerprint density at radius 2 is 1.55 bits per heavy atom. The molecule has 2 rings (SSSR count). The smallest absolute Gasteiger partial charge is 0.336 e. The number of phenols is 2. The Morgan fingerprint density at radius 3 is 2.15 bits per heavy atom. The van der Waals surface area contributed by atoms with Crippen LogP contribution < -0.4 is 5.73 Å². The third-order valence-electron chi connectivity index (χ3n) is 2.74. The van der Waals surface area contributed by atoms with Crippen molar-refractivity contribution in [3.63, 3.8) is 0 Å².